The highest BCUT2D eigenvalue weighted by molar-refractivity contribution is 6.03. The summed E-state index contributed by atoms with van der Waals surface area (Å²) < 4.78 is 1.67. The number of hydrogen-bond donors (Lipinski definition) is 1. The van der Waals surface area contributed by atoms with Crippen LogP contribution in [0.15, 0.2) is 30.5 Å². The zero-order valence-corrected chi connectivity index (χ0v) is 13.2. The van der Waals surface area contributed by atoms with Gasteiger partial charge in [-0.2, -0.15) is 5.10 Å². The van der Waals surface area contributed by atoms with E-state index in [1.165, 1.54) is 11.1 Å². The van der Waals surface area contributed by atoms with E-state index >= 15 is 0 Å². The van der Waals surface area contributed by atoms with Crippen LogP contribution in [0.2, 0.25) is 0 Å². The summed E-state index contributed by atoms with van der Waals surface area (Å²) in [6, 6.07) is 7.76. The van der Waals surface area contributed by atoms with E-state index in [-0.39, 0.29) is 5.91 Å². The Kier molecular flexibility index (Phi) is 4.78. The molecule has 1 aromatic carbocycles. The quantitative estimate of drug-likeness (QED) is 0.909. The number of rotatable bonds is 5. The highest BCUT2D eigenvalue weighted by atomic mass is 16.1. The third kappa shape index (κ3) is 3.72. The number of nitrogens with zero attached hydrogens (tertiary/aromatic N) is 2. The highest BCUT2D eigenvalue weighted by Gasteiger charge is 2.12. The zero-order valence-electron chi connectivity index (χ0n) is 13.2. The van der Waals surface area contributed by atoms with Crippen LogP contribution in [0.4, 0.5) is 5.82 Å². The molecule has 0 atom stereocenters. The molecule has 0 aliphatic heterocycles. The maximum Gasteiger partial charge on any atom is 0.256 e. The number of nitrogens with one attached hydrogen (secondary N) is 1. The molecule has 0 bridgehead atoms. The van der Waals surface area contributed by atoms with Gasteiger partial charge in [-0.25, -0.2) is 0 Å². The first-order valence-corrected chi connectivity index (χ1v) is 7.45. The minimum Gasteiger partial charge on any atom is -0.305 e. The first kappa shape index (κ1) is 15.3. The van der Waals surface area contributed by atoms with E-state index in [2.05, 4.69) is 37.3 Å². The van der Waals surface area contributed by atoms with Gasteiger partial charge in [0.25, 0.3) is 5.91 Å². The average molecular weight is 285 g/mol. The van der Waals surface area contributed by atoms with Crippen molar-refractivity contribution in [3.05, 3.63) is 47.2 Å². The predicted molar refractivity (Wildman–Crippen MR) is 85.7 cm³/mol. The van der Waals surface area contributed by atoms with Gasteiger partial charge in [0.05, 0.1) is 0 Å². The van der Waals surface area contributed by atoms with Gasteiger partial charge < -0.3 is 5.32 Å². The van der Waals surface area contributed by atoms with Gasteiger partial charge in [-0.3, -0.25) is 9.48 Å². The van der Waals surface area contributed by atoms with Crippen molar-refractivity contribution in [3.63, 3.8) is 0 Å². The summed E-state index contributed by atoms with van der Waals surface area (Å²) in [6.45, 7) is 6.52. The molecule has 2 rings (SSSR count). The summed E-state index contributed by atoms with van der Waals surface area (Å²) >= 11 is 0. The fraction of sp³-hybridized carbons (Fsp3) is 0.412. The summed E-state index contributed by atoms with van der Waals surface area (Å²) in [5.74, 6) is 0.938. The van der Waals surface area contributed by atoms with Crippen molar-refractivity contribution in [1.82, 2.24) is 9.78 Å². The van der Waals surface area contributed by atoms with E-state index in [0.717, 1.165) is 12.8 Å². The summed E-state index contributed by atoms with van der Waals surface area (Å²) in [4.78, 5) is 12.3. The van der Waals surface area contributed by atoms with Crippen LogP contribution in [0.25, 0.3) is 0 Å². The van der Waals surface area contributed by atoms with Crippen LogP contribution in [0.1, 0.15) is 54.6 Å². The second-order valence-corrected chi connectivity index (χ2v) is 5.65. The topological polar surface area (TPSA) is 46.9 Å². The smallest absolute Gasteiger partial charge is 0.256 e. The lowest BCUT2D eigenvalue weighted by molar-refractivity contribution is 0.102. The van der Waals surface area contributed by atoms with E-state index in [1.54, 1.807) is 16.9 Å². The van der Waals surface area contributed by atoms with Crippen molar-refractivity contribution in [2.24, 2.45) is 7.05 Å². The molecule has 0 aliphatic carbocycles. The van der Waals surface area contributed by atoms with Crippen molar-refractivity contribution >= 4 is 11.7 Å². The van der Waals surface area contributed by atoms with Crippen molar-refractivity contribution in [3.8, 4) is 0 Å². The Morgan fingerprint density at radius 2 is 2.10 bits per heavy atom. The summed E-state index contributed by atoms with van der Waals surface area (Å²) in [5.41, 5.74) is 3.28. The number of aromatic nitrogens is 2. The Bertz CT molecular complexity index is 629. The van der Waals surface area contributed by atoms with Crippen LogP contribution in [0, 0.1) is 0 Å². The SMILES string of the molecule is CCCc1cc(C(=O)Nc2ccn(C)n2)ccc1C(C)C. The molecule has 1 heterocycles. The monoisotopic (exact) mass is 285 g/mol. The molecule has 2 aromatic rings. The molecule has 21 heavy (non-hydrogen) atoms. The molecular weight excluding hydrogens is 262 g/mol. The van der Waals surface area contributed by atoms with Gasteiger partial charge in [0.15, 0.2) is 5.82 Å². The molecule has 0 radical (unpaired) electrons. The van der Waals surface area contributed by atoms with E-state index in [9.17, 15) is 4.79 Å². The summed E-state index contributed by atoms with van der Waals surface area (Å²) in [5, 5.41) is 6.99. The second-order valence-electron chi connectivity index (χ2n) is 5.65. The molecule has 4 heteroatoms. The van der Waals surface area contributed by atoms with E-state index in [1.807, 2.05) is 19.2 Å². The van der Waals surface area contributed by atoms with Gasteiger partial charge in [-0.05, 0) is 35.6 Å². The van der Waals surface area contributed by atoms with Gasteiger partial charge >= 0.3 is 0 Å². The molecule has 1 aromatic heterocycles. The van der Waals surface area contributed by atoms with Gasteiger partial charge in [0.1, 0.15) is 0 Å². The Morgan fingerprint density at radius 1 is 1.33 bits per heavy atom. The van der Waals surface area contributed by atoms with Crippen LogP contribution in [0.5, 0.6) is 0 Å². The zero-order chi connectivity index (χ0) is 15.4. The number of carbonyl (C=O) groups excluding carboxylic acids is 1. The summed E-state index contributed by atoms with van der Waals surface area (Å²) in [7, 11) is 1.83. The van der Waals surface area contributed by atoms with Crippen molar-refractivity contribution in [2.75, 3.05) is 5.32 Å². The molecule has 0 unspecified atom stereocenters. The Labute approximate surface area is 126 Å². The minimum absolute atomic E-state index is 0.110. The van der Waals surface area contributed by atoms with Crippen molar-refractivity contribution in [2.45, 2.75) is 39.5 Å². The lowest BCUT2D eigenvalue weighted by Gasteiger charge is -2.14. The molecular formula is C17H23N3O. The second kappa shape index (κ2) is 6.57. The van der Waals surface area contributed by atoms with Crippen LogP contribution in [0.3, 0.4) is 0 Å². The van der Waals surface area contributed by atoms with Crippen molar-refractivity contribution in [1.29, 1.82) is 0 Å². The normalized spacial score (nSPS) is 10.9. The van der Waals surface area contributed by atoms with Gasteiger partial charge in [-0.15, -0.1) is 0 Å². The van der Waals surface area contributed by atoms with Gasteiger partial charge in [-0.1, -0.05) is 33.3 Å². The Morgan fingerprint density at radius 3 is 2.67 bits per heavy atom. The Balaban J connectivity index is 2.22. The number of aryl methyl sites for hydroxylation is 2. The fourth-order valence-corrected chi connectivity index (χ4v) is 2.47. The fourth-order valence-electron chi connectivity index (χ4n) is 2.47. The van der Waals surface area contributed by atoms with E-state index < -0.39 is 0 Å². The van der Waals surface area contributed by atoms with Crippen molar-refractivity contribution < 1.29 is 4.79 Å². The van der Waals surface area contributed by atoms with Crippen LogP contribution >= 0.6 is 0 Å². The highest BCUT2D eigenvalue weighted by Crippen LogP contribution is 2.22. The molecule has 0 spiro atoms. The number of anilines is 1. The molecule has 0 saturated heterocycles. The number of amides is 1. The predicted octanol–water partition coefficient (Wildman–Crippen LogP) is 3.75. The lowest BCUT2D eigenvalue weighted by Crippen LogP contribution is -2.13. The lowest BCUT2D eigenvalue weighted by atomic mass is 9.93. The molecule has 0 saturated carbocycles. The van der Waals surface area contributed by atoms with E-state index in [4.69, 9.17) is 0 Å². The Hall–Kier alpha value is -2.10. The van der Waals surface area contributed by atoms with Crippen LogP contribution < -0.4 is 5.32 Å². The first-order chi connectivity index (χ1) is 10.0. The number of hydrogen-bond acceptors (Lipinski definition) is 2. The van der Waals surface area contributed by atoms with Crippen LogP contribution in [-0.4, -0.2) is 15.7 Å². The van der Waals surface area contributed by atoms with E-state index in [0.29, 0.717) is 17.3 Å². The largest absolute Gasteiger partial charge is 0.305 e. The summed E-state index contributed by atoms with van der Waals surface area (Å²) in [6.07, 6.45) is 3.88. The molecule has 112 valence electrons. The third-order valence-electron chi connectivity index (χ3n) is 3.50. The number of carbonyl (C=O) groups is 1. The average Bonchev–Trinajstić information content (AvgIpc) is 2.84. The molecule has 0 fully saturated rings. The third-order valence-corrected chi connectivity index (χ3v) is 3.50. The molecule has 1 amide bonds. The molecule has 0 aliphatic rings. The first-order valence-electron chi connectivity index (χ1n) is 7.45. The minimum atomic E-state index is -0.110. The standard InChI is InChI=1S/C17H23N3O/c1-5-6-13-11-14(7-8-15(13)12(2)3)17(21)18-16-9-10-20(4)19-16/h7-12H,5-6H2,1-4H3,(H,18,19,21). The molecule has 1 N–H and O–H groups in total. The molecule has 4 nitrogen and oxygen atoms in total. The maximum absolute atomic E-state index is 12.3. The number of benzene rings is 1. The van der Waals surface area contributed by atoms with Crippen LogP contribution in [-0.2, 0) is 13.5 Å². The van der Waals surface area contributed by atoms with Gasteiger partial charge in [0, 0.05) is 24.9 Å². The van der Waals surface area contributed by atoms with Gasteiger partial charge in [0.2, 0.25) is 0 Å². The maximum atomic E-state index is 12.3.